The van der Waals surface area contributed by atoms with Crippen molar-refractivity contribution in [2.24, 2.45) is 0 Å². The second-order valence-corrected chi connectivity index (χ2v) is 6.28. The van der Waals surface area contributed by atoms with Gasteiger partial charge in [-0.05, 0) is 40.2 Å². The molecular weight excluding hydrogens is 274 g/mol. The van der Waals surface area contributed by atoms with Gasteiger partial charge in [-0.15, -0.1) is 0 Å². The lowest BCUT2D eigenvalue weighted by Crippen LogP contribution is -2.41. The van der Waals surface area contributed by atoms with Crippen molar-refractivity contribution in [2.75, 3.05) is 13.9 Å². The molecular formula is C15H22BFO4. The first-order chi connectivity index (χ1) is 9.68. The summed E-state index contributed by atoms with van der Waals surface area (Å²) in [5.41, 5.74) is 0.269. The van der Waals surface area contributed by atoms with Crippen LogP contribution in [0.15, 0.2) is 12.1 Å². The van der Waals surface area contributed by atoms with Crippen molar-refractivity contribution in [3.05, 3.63) is 23.5 Å². The highest BCUT2D eigenvalue weighted by Crippen LogP contribution is 2.37. The number of benzene rings is 1. The summed E-state index contributed by atoms with van der Waals surface area (Å²) in [6.07, 6.45) is 0. The molecule has 4 nitrogen and oxygen atoms in total. The van der Waals surface area contributed by atoms with E-state index in [-0.39, 0.29) is 12.6 Å². The topological polar surface area (TPSA) is 36.9 Å². The highest BCUT2D eigenvalue weighted by atomic mass is 19.1. The highest BCUT2D eigenvalue weighted by molar-refractivity contribution is 6.63. The minimum atomic E-state index is -0.596. The van der Waals surface area contributed by atoms with Gasteiger partial charge in [0.2, 0.25) is 0 Å². The number of halogens is 1. The van der Waals surface area contributed by atoms with Gasteiger partial charge < -0.3 is 18.8 Å². The molecule has 0 amide bonds. The summed E-state index contributed by atoms with van der Waals surface area (Å²) in [6, 6.07) is 3.04. The Kier molecular flexibility index (Phi) is 4.33. The summed E-state index contributed by atoms with van der Waals surface area (Å²) in [5, 5.41) is 0. The van der Waals surface area contributed by atoms with E-state index in [2.05, 4.69) is 0 Å². The zero-order chi connectivity index (χ0) is 15.8. The maximum Gasteiger partial charge on any atom is 0.498 e. The van der Waals surface area contributed by atoms with Crippen LogP contribution < -0.4 is 10.2 Å². The molecule has 0 unspecified atom stereocenters. The summed E-state index contributed by atoms with van der Waals surface area (Å²) in [4.78, 5) is 0. The lowest BCUT2D eigenvalue weighted by molar-refractivity contribution is 0.00578. The van der Waals surface area contributed by atoms with Crippen molar-refractivity contribution in [1.82, 2.24) is 0 Å². The molecule has 6 heteroatoms. The van der Waals surface area contributed by atoms with Crippen molar-refractivity contribution < 1.29 is 23.2 Å². The third kappa shape index (κ3) is 3.07. The lowest BCUT2D eigenvalue weighted by Gasteiger charge is -2.32. The van der Waals surface area contributed by atoms with Crippen LogP contribution in [0.3, 0.4) is 0 Å². The Morgan fingerprint density at radius 2 is 1.71 bits per heavy atom. The molecule has 1 saturated heterocycles. The van der Waals surface area contributed by atoms with Gasteiger partial charge in [0, 0.05) is 18.6 Å². The van der Waals surface area contributed by atoms with E-state index in [1.165, 1.54) is 13.2 Å². The molecule has 1 aromatic rings. The van der Waals surface area contributed by atoms with Gasteiger partial charge in [0.1, 0.15) is 11.6 Å². The van der Waals surface area contributed by atoms with Crippen LogP contribution >= 0.6 is 0 Å². The normalized spacial score (nSPS) is 19.9. The number of hydrogen-bond donors (Lipinski definition) is 0. The van der Waals surface area contributed by atoms with E-state index in [4.69, 9.17) is 18.8 Å². The monoisotopic (exact) mass is 296 g/mol. The fourth-order valence-electron chi connectivity index (χ4n) is 2.09. The van der Waals surface area contributed by atoms with Gasteiger partial charge in [0.25, 0.3) is 0 Å². The van der Waals surface area contributed by atoms with E-state index >= 15 is 0 Å². The van der Waals surface area contributed by atoms with Crippen LogP contribution in [0.5, 0.6) is 5.75 Å². The molecule has 0 bridgehead atoms. The van der Waals surface area contributed by atoms with Crippen LogP contribution in [-0.2, 0) is 14.0 Å². The molecule has 2 rings (SSSR count). The Labute approximate surface area is 125 Å². The number of hydrogen-bond acceptors (Lipinski definition) is 4. The Bertz CT molecular complexity index is 515. The lowest BCUT2D eigenvalue weighted by atomic mass is 9.77. The fraction of sp³-hybridized carbons (Fsp3) is 0.600. The van der Waals surface area contributed by atoms with Crippen LogP contribution in [0.1, 0.15) is 33.3 Å². The summed E-state index contributed by atoms with van der Waals surface area (Å²) < 4.78 is 36.1. The molecule has 0 aliphatic carbocycles. The average Bonchev–Trinajstić information content (AvgIpc) is 2.59. The van der Waals surface area contributed by atoms with Crippen molar-refractivity contribution in [2.45, 2.75) is 45.8 Å². The van der Waals surface area contributed by atoms with Gasteiger partial charge >= 0.3 is 7.12 Å². The van der Waals surface area contributed by atoms with Crippen LogP contribution in [0.4, 0.5) is 4.39 Å². The third-order valence-electron chi connectivity index (χ3n) is 4.13. The Balaban J connectivity index is 2.37. The first-order valence-electron chi connectivity index (χ1n) is 6.95. The zero-order valence-electron chi connectivity index (χ0n) is 13.5. The maximum absolute atomic E-state index is 13.8. The SMILES string of the molecule is COCOc1cc(F)c(C)cc1B1OC(C)(C)C(C)(C)O1. The minimum absolute atomic E-state index is 0.0367. The van der Waals surface area contributed by atoms with Gasteiger partial charge in [-0.1, -0.05) is 6.07 Å². The predicted molar refractivity (Wildman–Crippen MR) is 79.4 cm³/mol. The number of ether oxygens (including phenoxy) is 2. The molecule has 0 spiro atoms. The van der Waals surface area contributed by atoms with E-state index in [0.717, 1.165) is 0 Å². The van der Waals surface area contributed by atoms with E-state index in [0.29, 0.717) is 16.8 Å². The van der Waals surface area contributed by atoms with Crippen molar-refractivity contribution in [1.29, 1.82) is 0 Å². The van der Waals surface area contributed by atoms with E-state index in [1.54, 1.807) is 13.0 Å². The molecule has 21 heavy (non-hydrogen) atoms. The summed E-state index contributed by atoms with van der Waals surface area (Å²) in [6.45, 7) is 9.62. The second-order valence-electron chi connectivity index (χ2n) is 6.28. The third-order valence-corrected chi connectivity index (χ3v) is 4.13. The molecule has 116 valence electrons. The Morgan fingerprint density at radius 3 is 2.24 bits per heavy atom. The first kappa shape index (κ1) is 16.3. The molecule has 0 aromatic heterocycles. The average molecular weight is 296 g/mol. The van der Waals surface area contributed by atoms with E-state index in [9.17, 15) is 4.39 Å². The van der Waals surface area contributed by atoms with Crippen molar-refractivity contribution >= 4 is 12.6 Å². The van der Waals surface area contributed by atoms with Gasteiger partial charge in [-0.2, -0.15) is 0 Å². The van der Waals surface area contributed by atoms with E-state index < -0.39 is 18.3 Å². The summed E-state index contributed by atoms with van der Waals surface area (Å²) in [7, 11) is 0.917. The molecule has 0 radical (unpaired) electrons. The minimum Gasteiger partial charge on any atom is -0.468 e. The van der Waals surface area contributed by atoms with Gasteiger partial charge in [0.15, 0.2) is 6.79 Å². The molecule has 0 atom stereocenters. The zero-order valence-corrected chi connectivity index (χ0v) is 13.5. The molecule has 0 N–H and O–H groups in total. The van der Waals surface area contributed by atoms with Crippen LogP contribution in [0.25, 0.3) is 0 Å². The standard InChI is InChI=1S/C15H22BFO4/c1-10-7-11(13(8-12(10)17)19-9-18-6)16-20-14(2,3)15(4,5)21-16/h7-8H,9H2,1-6H3. The number of aryl methyl sites for hydroxylation is 1. The fourth-order valence-corrected chi connectivity index (χ4v) is 2.09. The molecule has 1 heterocycles. The number of methoxy groups -OCH3 is 1. The summed E-state index contributed by atoms with van der Waals surface area (Å²) >= 11 is 0. The highest BCUT2D eigenvalue weighted by Gasteiger charge is 2.52. The Morgan fingerprint density at radius 1 is 1.14 bits per heavy atom. The molecule has 1 aromatic carbocycles. The Hall–Kier alpha value is -1.11. The first-order valence-corrected chi connectivity index (χ1v) is 6.95. The quantitative estimate of drug-likeness (QED) is 0.631. The van der Waals surface area contributed by atoms with Gasteiger partial charge in [0.05, 0.1) is 11.2 Å². The van der Waals surface area contributed by atoms with Crippen LogP contribution in [0.2, 0.25) is 0 Å². The van der Waals surface area contributed by atoms with E-state index in [1.807, 2.05) is 27.7 Å². The van der Waals surface area contributed by atoms with Crippen LogP contribution in [-0.4, -0.2) is 32.2 Å². The smallest absolute Gasteiger partial charge is 0.468 e. The largest absolute Gasteiger partial charge is 0.498 e. The predicted octanol–water partition coefficient (Wildman–Crippen LogP) is 2.42. The molecule has 1 aliphatic rings. The molecule has 0 saturated carbocycles. The van der Waals surface area contributed by atoms with Gasteiger partial charge in [-0.3, -0.25) is 0 Å². The number of rotatable bonds is 4. The van der Waals surface area contributed by atoms with Crippen molar-refractivity contribution in [3.8, 4) is 5.75 Å². The molecule has 1 aliphatic heterocycles. The second kappa shape index (κ2) is 5.59. The van der Waals surface area contributed by atoms with Crippen molar-refractivity contribution in [3.63, 3.8) is 0 Å². The summed E-state index contributed by atoms with van der Waals surface area (Å²) in [5.74, 6) is 0.0415. The van der Waals surface area contributed by atoms with Crippen LogP contribution in [0, 0.1) is 12.7 Å². The van der Waals surface area contributed by atoms with Gasteiger partial charge in [-0.25, -0.2) is 4.39 Å². The maximum atomic E-state index is 13.8. The molecule has 1 fully saturated rings.